The van der Waals surface area contributed by atoms with Crippen LogP contribution in [0.5, 0.6) is 0 Å². The Kier molecular flexibility index (Phi) is 4.00. The minimum absolute atomic E-state index is 0.0708. The van der Waals surface area contributed by atoms with Crippen LogP contribution in [0, 0.1) is 5.82 Å². The van der Waals surface area contributed by atoms with Gasteiger partial charge in [-0.05, 0) is 25.0 Å². The molecule has 1 aliphatic rings. The second-order valence-electron chi connectivity index (χ2n) is 4.96. The molecule has 0 atom stereocenters. The number of anilines is 1. The number of para-hydroxylation sites is 1. The van der Waals surface area contributed by atoms with E-state index in [1.165, 1.54) is 18.9 Å². The molecule has 3 heteroatoms. The molecule has 2 rings (SSSR count). The van der Waals surface area contributed by atoms with Crippen LogP contribution in [-0.4, -0.2) is 17.3 Å². The van der Waals surface area contributed by atoms with Crippen LogP contribution in [0.15, 0.2) is 24.3 Å². The summed E-state index contributed by atoms with van der Waals surface area (Å²) in [7, 11) is 0. The van der Waals surface area contributed by atoms with Gasteiger partial charge in [0.25, 0.3) is 0 Å². The number of hydrogen-bond acceptors (Lipinski definition) is 2. The Morgan fingerprint density at radius 3 is 2.35 bits per heavy atom. The molecule has 1 aromatic rings. The van der Waals surface area contributed by atoms with E-state index in [-0.39, 0.29) is 18.0 Å². The lowest BCUT2D eigenvalue weighted by molar-refractivity contribution is 0.195. The highest BCUT2D eigenvalue weighted by molar-refractivity contribution is 5.47. The van der Waals surface area contributed by atoms with Gasteiger partial charge in [-0.3, -0.25) is 0 Å². The zero-order valence-electron chi connectivity index (χ0n) is 10.1. The molecular weight excluding hydrogens is 217 g/mol. The zero-order chi connectivity index (χ0) is 12.1. The highest BCUT2D eigenvalue weighted by Gasteiger charge is 2.30. The number of benzene rings is 1. The van der Waals surface area contributed by atoms with Gasteiger partial charge in [0, 0.05) is 0 Å². The molecule has 1 fully saturated rings. The molecule has 94 valence electrons. The van der Waals surface area contributed by atoms with Crippen molar-refractivity contribution in [2.45, 2.75) is 44.1 Å². The molecule has 2 N–H and O–H groups in total. The van der Waals surface area contributed by atoms with Crippen molar-refractivity contribution in [1.82, 2.24) is 0 Å². The van der Waals surface area contributed by atoms with Crippen molar-refractivity contribution < 1.29 is 9.50 Å². The van der Waals surface area contributed by atoms with Gasteiger partial charge in [0.05, 0.1) is 17.8 Å². The van der Waals surface area contributed by atoms with Gasteiger partial charge in [-0.25, -0.2) is 4.39 Å². The van der Waals surface area contributed by atoms with Crippen molar-refractivity contribution >= 4 is 5.69 Å². The zero-order valence-corrected chi connectivity index (χ0v) is 10.1. The van der Waals surface area contributed by atoms with Crippen molar-refractivity contribution in [1.29, 1.82) is 0 Å². The van der Waals surface area contributed by atoms with Crippen LogP contribution in [-0.2, 0) is 0 Å². The second kappa shape index (κ2) is 5.50. The molecular formula is C14H20FNO. The first kappa shape index (κ1) is 12.4. The van der Waals surface area contributed by atoms with Crippen molar-refractivity contribution in [3.05, 3.63) is 30.1 Å². The van der Waals surface area contributed by atoms with E-state index < -0.39 is 0 Å². The smallest absolute Gasteiger partial charge is 0.146 e. The molecule has 2 nitrogen and oxygen atoms in total. The molecule has 0 saturated heterocycles. The van der Waals surface area contributed by atoms with E-state index in [9.17, 15) is 9.50 Å². The Bertz CT molecular complexity index is 359. The van der Waals surface area contributed by atoms with Gasteiger partial charge < -0.3 is 10.4 Å². The van der Waals surface area contributed by atoms with E-state index in [0.717, 1.165) is 25.7 Å². The summed E-state index contributed by atoms with van der Waals surface area (Å²) in [5.41, 5.74) is 0.169. The summed E-state index contributed by atoms with van der Waals surface area (Å²) < 4.78 is 13.6. The molecule has 1 aromatic carbocycles. The third kappa shape index (κ3) is 2.97. The van der Waals surface area contributed by atoms with Gasteiger partial charge in [0.15, 0.2) is 0 Å². The maximum atomic E-state index is 13.6. The molecule has 0 aliphatic heterocycles. The molecule has 0 spiro atoms. The summed E-state index contributed by atoms with van der Waals surface area (Å²) in [6, 6.07) is 6.67. The number of rotatable bonds is 3. The Balaban J connectivity index is 2.15. The average Bonchev–Trinajstić information content (AvgIpc) is 2.58. The lowest BCUT2D eigenvalue weighted by Crippen LogP contribution is -2.41. The van der Waals surface area contributed by atoms with Crippen LogP contribution in [0.3, 0.4) is 0 Å². The van der Waals surface area contributed by atoms with E-state index in [2.05, 4.69) is 5.32 Å². The summed E-state index contributed by atoms with van der Waals surface area (Å²) in [4.78, 5) is 0. The van der Waals surface area contributed by atoms with E-state index >= 15 is 0 Å². The second-order valence-corrected chi connectivity index (χ2v) is 4.96. The number of hydrogen-bond donors (Lipinski definition) is 2. The summed E-state index contributed by atoms with van der Waals surface area (Å²) in [5.74, 6) is -0.246. The van der Waals surface area contributed by atoms with Gasteiger partial charge in [-0.2, -0.15) is 0 Å². The van der Waals surface area contributed by atoms with Crippen LogP contribution < -0.4 is 5.32 Å². The molecule has 0 bridgehead atoms. The van der Waals surface area contributed by atoms with Crippen LogP contribution >= 0.6 is 0 Å². The molecule has 0 aromatic heterocycles. The van der Waals surface area contributed by atoms with Gasteiger partial charge in [-0.15, -0.1) is 0 Å². The Morgan fingerprint density at radius 2 is 1.76 bits per heavy atom. The number of aliphatic hydroxyl groups excluding tert-OH is 1. The topological polar surface area (TPSA) is 32.3 Å². The maximum absolute atomic E-state index is 13.6. The fourth-order valence-corrected chi connectivity index (χ4v) is 2.58. The average molecular weight is 237 g/mol. The summed E-state index contributed by atoms with van der Waals surface area (Å²) in [5, 5.41) is 12.9. The van der Waals surface area contributed by atoms with Crippen LogP contribution in [0.2, 0.25) is 0 Å². The van der Waals surface area contributed by atoms with Crippen molar-refractivity contribution in [3.8, 4) is 0 Å². The van der Waals surface area contributed by atoms with Crippen LogP contribution in [0.4, 0.5) is 10.1 Å². The normalized spacial score (nSPS) is 19.6. The van der Waals surface area contributed by atoms with Gasteiger partial charge in [0.2, 0.25) is 0 Å². The third-order valence-electron chi connectivity index (χ3n) is 3.64. The Morgan fingerprint density at radius 1 is 1.12 bits per heavy atom. The van der Waals surface area contributed by atoms with Gasteiger partial charge >= 0.3 is 0 Å². The third-order valence-corrected chi connectivity index (χ3v) is 3.64. The molecule has 1 saturated carbocycles. The summed E-state index contributed by atoms with van der Waals surface area (Å²) >= 11 is 0. The highest BCUT2D eigenvalue weighted by atomic mass is 19.1. The first-order valence-electron chi connectivity index (χ1n) is 6.39. The molecule has 0 amide bonds. The first-order valence-corrected chi connectivity index (χ1v) is 6.39. The first-order chi connectivity index (χ1) is 8.26. The van der Waals surface area contributed by atoms with E-state index in [1.54, 1.807) is 12.1 Å². The van der Waals surface area contributed by atoms with Crippen LogP contribution in [0.1, 0.15) is 38.5 Å². The molecule has 1 aliphatic carbocycles. The predicted molar refractivity (Wildman–Crippen MR) is 67.5 cm³/mol. The van der Waals surface area contributed by atoms with Gasteiger partial charge in [-0.1, -0.05) is 37.8 Å². The highest BCUT2D eigenvalue weighted by Crippen LogP contribution is 2.31. The summed E-state index contributed by atoms with van der Waals surface area (Å²) in [6.07, 6.45) is 6.45. The Labute approximate surface area is 102 Å². The van der Waals surface area contributed by atoms with Gasteiger partial charge in [0.1, 0.15) is 5.82 Å². The monoisotopic (exact) mass is 237 g/mol. The minimum Gasteiger partial charge on any atom is -0.394 e. The van der Waals surface area contributed by atoms with Crippen molar-refractivity contribution in [3.63, 3.8) is 0 Å². The fourth-order valence-electron chi connectivity index (χ4n) is 2.58. The quantitative estimate of drug-likeness (QED) is 0.790. The molecule has 0 radical (unpaired) electrons. The molecule has 0 heterocycles. The standard InChI is InChI=1S/C14H20FNO/c15-12-7-3-4-8-13(12)16-14(11-17)9-5-1-2-6-10-14/h3-4,7-8,16-17H,1-2,5-6,9-11H2. The number of halogens is 1. The van der Waals surface area contributed by atoms with Crippen molar-refractivity contribution in [2.24, 2.45) is 0 Å². The SMILES string of the molecule is OCC1(Nc2ccccc2F)CCCCCC1. The van der Waals surface area contributed by atoms with E-state index in [4.69, 9.17) is 0 Å². The number of aliphatic hydroxyl groups is 1. The molecule has 17 heavy (non-hydrogen) atoms. The minimum atomic E-state index is -0.335. The van der Waals surface area contributed by atoms with E-state index in [0.29, 0.717) is 5.69 Å². The number of nitrogens with one attached hydrogen (secondary N) is 1. The van der Waals surface area contributed by atoms with Crippen LogP contribution in [0.25, 0.3) is 0 Å². The fraction of sp³-hybridized carbons (Fsp3) is 0.571. The maximum Gasteiger partial charge on any atom is 0.146 e. The van der Waals surface area contributed by atoms with Crippen molar-refractivity contribution in [2.75, 3.05) is 11.9 Å². The largest absolute Gasteiger partial charge is 0.394 e. The summed E-state index contributed by atoms with van der Waals surface area (Å²) in [6.45, 7) is 0.0708. The Hall–Kier alpha value is -1.09. The van der Waals surface area contributed by atoms with E-state index in [1.807, 2.05) is 6.07 Å². The lowest BCUT2D eigenvalue weighted by Gasteiger charge is -2.33. The predicted octanol–water partition coefficient (Wildman–Crippen LogP) is 3.32. The lowest BCUT2D eigenvalue weighted by atomic mass is 9.90. The molecule has 0 unspecified atom stereocenters.